The van der Waals surface area contributed by atoms with Gasteiger partial charge in [0.1, 0.15) is 11.4 Å². The molecule has 2 atom stereocenters. The maximum absolute atomic E-state index is 12.2. The van der Waals surface area contributed by atoms with E-state index in [2.05, 4.69) is 9.47 Å². The summed E-state index contributed by atoms with van der Waals surface area (Å²) < 4.78 is 9.35. The predicted molar refractivity (Wildman–Crippen MR) is 67.5 cm³/mol. The highest BCUT2D eigenvalue weighted by molar-refractivity contribution is 6.10. The second-order valence-electron chi connectivity index (χ2n) is 6.04. The number of esters is 2. The average molecular weight is 282 g/mol. The maximum Gasteiger partial charge on any atom is 0.337 e. The lowest BCUT2D eigenvalue weighted by atomic mass is 9.53. The smallest absolute Gasteiger partial charge is 0.337 e. The number of ether oxygens (including phenoxy) is 2. The summed E-state index contributed by atoms with van der Waals surface area (Å²) in [7, 11) is 2.34. The van der Waals surface area contributed by atoms with Crippen LogP contribution in [-0.2, 0) is 23.9 Å². The van der Waals surface area contributed by atoms with Crippen molar-refractivity contribution in [1.82, 2.24) is 0 Å². The monoisotopic (exact) mass is 282 g/mol. The van der Waals surface area contributed by atoms with E-state index in [0.29, 0.717) is 0 Å². The van der Waals surface area contributed by atoms with E-state index < -0.39 is 28.9 Å². The first-order valence-electron chi connectivity index (χ1n) is 6.34. The van der Waals surface area contributed by atoms with Crippen LogP contribution >= 0.6 is 0 Å². The van der Waals surface area contributed by atoms with Crippen LogP contribution in [0.1, 0.15) is 26.7 Å². The fourth-order valence-electron chi connectivity index (χ4n) is 3.60. The van der Waals surface area contributed by atoms with Crippen molar-refractivity contribution in [2.45, 2.75) is 32.3 Å². The van der Waals surface area contributed by atoms with E-state index in [-0.39, 0.29) is 29.8 Å². The maximum atomic E-state index is 12.2. The Balaban J connectivity index is 2.74. The molecule has 3 rings (SSSR count). The van der Waals surface area contributed by atoms with Crippen molar-refractivity contribution in [3.63, 3.8) is 0 Å². The summed E-state index contributed by atoms with van der Waals surface area (Å²) in [5.41, 5.74) is -2.47. The van der Waals surface area contributed by atoms with E-state index in [1.807, 2.05) is 0 Å². The molecule has 0 aromatic rings. The standard InChI is InChI=1S/C14H18O6/c1-13(2)6-14(18)5-7(15)9(13)8(11(16)19-3)10(14)12(17)20-4/h9,18H,5-6H2,1-4H3. The van der Waals surface area contributed by atoms with E-state index in [0.717, 1.165) is 0 Å². The van der Waals surface area contributed by atoms with Gasteiger partial charge in [-0.25, -0.2) is 9.59 Å². The lowest BCUT2D eigenvalue weighted by molar-refractivity contribution is -0.155. The minimum absolute atomic E-state index is 0.0608. The molecule has 2 bridgehead atoms. The molecule has 6 nitrogen and oxygen atoms in total. The van der Waals surface area contributed by atoms with Gasteiger partial charge in [0.2, 0.25) is 0 Å². The second-order valence-corrected chi connectivity index (χ2v) is 6.04. The Kier molecular flexibility index (Phi) is 3.25. The van der Waals surface area contributed by atoms with E-state index in [1.54, 1.807) is 13.8 Å². The van der Waals surface area contributed by atoms with E-state index in [9.17, 15) is 19.5 Å². The molecule has 0 heterocycles. The van der Waals surface area contributed by atoms with Crippen LogP contribution in [0.2, 0.25) is 0 Å². The number of carbonyl (C=O) groups is 3. The molecular weight excluding hydrogens is 264 g/mol. The summed E-state index contributed by atoms with van der Waals surface area (Å²) in [4.78, 5) is 36.2. The number of methoxy groups -OCH3 is 2. The number of ketones is 1. The first-order chi connectivity index (χ1) is 9.18. The summed E-state index contributed by atoms with van der Waals surface area (Å²) in [5.74, 6) is -2.56. The third-order valence-corrected chi connectivity index (χ3v) is 4.14. The van der Waals surface area contributed by atoms with Crippen LogP contribution in [0.15, 0.2) is 11.1 Å². The van der Waals surface area contributed by atoms with Gasteiger partial charge < -0.3 is 14.6 Å². The molecule has 20 heavy (non-hydrogen) atoms. The largest absolute Gasteiger partial charge is 0.466 e. The number of aliphatic hydroxyl groups is 1. The predicted octanol–water partition coefficient (Wildman–Crippen LogP) is 0.379. The fourth-order valence-corrected chi connectivity index (χ4v) is 3.60. The van der Waals surface area contributed by atoms with Gasteiger partial charge in [0, 0.05) is 6.42 Å². The first kappa shape index (κ1) is 14.7. The van der Waals surface area contributed by atoms with Crippen molar-refractivity contribution in [2.75, 3.05) is 14.2 Å². The number of fused-ring (bicyclic) bond motifs is 2. The highest BCUT2D eigenvalue weighted by atomic mass is 16.5. The molecule has 2 unspecified atom stereocenters. The van der Waals surface area contributed by atoms with Crippen molar-refractivity contribution < 1.29 is 29.0 Å². The Morgan fingerprint density at radius 1 is 1.20 bits per heavy atom. The van der Waals surface area contributed by atoms with Gasteiger partial charge in [-0.3, -0.25) is 4.79 Å². The van der Waals surface area contributed by atoms with Gasteiger partial charge in [-0.1, -0.05) is 13.8 Å². The Morgan fingerprint density at radius 2 is 1.75 bits per heavy atom. The van der Waals surface area contributed by atoms with Gasteiger partial charge in [-0.15, -0.1) is 0 Å². The van der Waals surface area contributed by atoms with E-state index in [1.165, 1.54) is 14.2 Å². The molecule has 1 N–H and O–H groups in total. The van der Waals surface area contributed by atoms with Crippen LogP contribution < -0.4 is 0 Å². The van der Waals surface area contributed by atoms with Gasteiger partial charge >= 0.3 is 11.9 Å². The molecule has 1 saturated carbocycles. The molecule has 0 aromatic carbocycles. The Bertz CT molecular complexity index is 530. The molecule has 0 amide bonds. The van der Waals surface area contributed by atoms with Gasteiger partial charge in [0.25, 0.3) is 0 Å². The molecule has 1 fully saturated rings. The third kappa shape index (κ3) is 1.86. The Morgan fingerprint density at radius 3 is 2.20 bits per heavy atom. The fraction of sp³-hybridized carbons (Fsp3) is 0.643. The quantitative estimate of drug-likeness (QED) is 0.736. The minimum atomic E-state index is -1.66. The first-order valence-corrected chi connectivity index (χ1v) is 6.34. The van der Waals surface area contributed by atoms with Crippen LogP contribution in [0, 0.1) is 11.3 Å². The topological polar surface area (TPSA) is 89.9 Å². The molecule has 0 saturated heterocycles. The molecule has 6 heteroatoms. The van der Waals surface area contributed by atoms with Crippen molar-refractivity contribution in [3.05, 3.63) is 11.1 Å². The Labute approximate surface area is 116 Å². The SMILES string of the molecule is COC(=O)C1=C(C(=O)OC)C2(O)CC(=O)C1C(C)(C)C2. The highest BCUT2D eigenvalue weighted by Gasteiger charge is 2.61. The number of rotatable bonds is 2. The zero-order valence-corrected chi connectivity index (χ0v) is 12.0. The zero-order valence-electron chi connectivity index (χ0n) is 12.0. The van der Waals surface area contributed by atoms with Gasteiger partial charge in [-0.2, -0.15) is 0 Å². The number of carbonyl (C=O) groups excluding carboxylic acids is 3. The van der Waals surface area contributed by atoms with E-state index >= 15 is 0 Å². The van der Waals surface area contributed by atoms with Crippen molar-refractivity contribution in [1.29, 1.82) is 0 Å². The van der Waals surface area contributed by atoms with Crippen LogP contribution in [-0.4, -0.2) is 42.6 Å². The molecular formula is C14H18O6. The Hall–Kier alpha value is -1.69. The van der Waals surface area contributed by atoms with Crippen molar-refractivity contribution in [2.24, 2.45) is 11.3 Å². The van der Waals surface area contributed by atoms with Crippen molar-refractivity contribution in [3.8, 4) is 0 Å². The summed E-state index contributed by atoms with van der Waals surface area (Å²) in [6.07, 6.45) is 0.0490. The minimum Gasteiger partial charge on any atom is -0.466 e. The number of Topliss-reactive ketones (excluding diaryl/α,β-unsaturated/α-hetero) is 1. The summed E-state index contributed by atoms with van der Waals surface area (Å²) in [6, 6.07) is 0. The molecule has 0 aromatic heterocycles. The summed E-state index contributed by atoms with van der Waals surface area (Å²) in [5, 5.41) is 10.7. The molecule has 3 aliphatic carbocycles. The third-order valence-electron chi connectivity index (χ3n) is 4.14. The summed E-state index contributed by atoms with van der Waals surface area (Å²) in [6.45, 7) is 3.58. The molecule has 0 spiro atoms. The lowest BCUT2D eigenvalue weighted by Crippen LogP contribution is -2.58. The van der Waals surface area contributed by atoms with Crippen LogP contribution in [0.4, 0.5) is 0 Å². The number of hydrogen-bond acceptors (Lipinski definition) is 6. The highest BCUT2D eigenvalue weighted by Crippen LogP contribution is 2.55. The average Bonchev–Trinajstić information content (AvgIpc) is 2.33. The van der Waals surface area contributed by atoms with Crippen LogP contribution in [0.5, 0.6) is 0 Å². The van der Waals surface area contributed by atoms with Crippen LogP contribution in [0.3, 0.4) is 0 Å². The second kappa shape index (κ2) is 4.41. The zero-order chi connectivity index (χ0) is 15.3. The molecule has 110 valence electrons. The normalized spacial score (nSPS) is 31.2. The van der Waals surface area contributed by atoms with Gasteiger partial charge in [-0.05, 0) is 11.8 Å². The van der Waals surface area contributed by atoms with Crippen molar-refractivity contribution >= 4 is 17.7 Å². The molecule has 3 aliphatic rings. The molecule has 0 radical (unpaired) electrons. The lowest BCUT2D eigenvalue weighted by Gasteiger charge is -2.51. The molecule has 0 aliphatic heterocycles. The van der Waals surface area contributed by atoms with E-state index in [4.69, 9.17) is 0 Å². The van der Waals surface area contributed by atoms with Gasteiger partial charge in [0.15, 0.2) is 0 Å². The van der Waals surface area contributed by atoms with Gasteiger partial charge in [0.05, 0.1) is 31.3 Å². The van der Waals surface area contributed by atoms with Crippen LogP contribution in [0.25, 0.3) is 0 Å². The summed E-state index contributed by atoms with van der Waals surface area (Å²) >= 11 is 0. The number of hydrogen-bond donors (Lipinski definition) is 1.